The average Bonchev–Trinajstić information content (AvgIpc) is 3.10. The number of hydrogen-bond acceptors (Lipinski definition) is 2. The van der Waals surface area contributed by atoms with Gasteiger partial charge in [-0.05, 0) is 45.2 Å². The number of nitrogens with zero attached hydrogens (tertiary/aromatic N) is 1. The largest absolute Gasteiger partial charge is 0.315 e. The zero-order valence-electron chi connectivity index (χ0n) is 10.3. The van der Waals surface area contributed by atoms with Gasteiger partial charge in [-0.3, -0.25) is 4.90 Å². The summed E-state index contributed by atoms with van der Waals surface area (Å²) >= 11 is 0. The van der Waals surface area contributed by atoms with Crippen LogP contribution in [0.5, 0.6) is 0 Å². The third kappa shape index (κ3) is 2.94. The van der Waals surface area contributed by atoms with E-state index in [1.807, 2.05) is 0 Å². The van der Waals surface area contributed by atoms with Gasteiger partial charge >= 0.3 is 0 Å². The van der Waals surface area contributed by atoms with Gasteiger partial charge in [-0.25, -0.2) is 0 Å². The van der Waals surface area contributed by atoms with Crippen LogP contribution in [0.15, 0.2) is 0 Å². The van der Waals surface area contributed by atoms with Gasteiger partial charge in [0, 0.05) is 18.6 Å². The van der Waals surface area contributed by atoms with Gasteiger partial charge < -0.3 is 5.32 Å². The molecule has 2 unspecified atom stereocenters. The quantitative estimate of drug-likeness (QED) is 0.749. The molecule has 15 heavy (non-hydrogen) atoms. The minimum atomic E-state index is 0.748. The van der Waals surface area contributed by atoms with Crippen LogP contribution >= 0.6 is 0 Å². The summed E-state index contributed by atoms with van der Waals surface area (Å²) in [6.07, 6.45) is 8.60. The van der Waals surface area contributed by atoms with Crippen molar-refractivity contribution in [3.63, 3.8) is 0 Å². The molecule has 88 valence electrons. The van der Waals surface area contributed by atoms with Gasteiger partial charge in [-0.1, -0.05) is 19.8 Å². The van der Waals surface area contributed by atoms with Gasteiger partial charge in [0.25, 0.3) is 0 Å². The van der Waals surface area contributed by atoms with E-state index in [9.17, 15) is 0 Å². The summed E-state index contributed by atoms with van der Waals surface area (Å²) < 4.78 is 0. The summed E-state index contributed by atoms with van der Waals surface area (Å²) in [7, 11) is 2.13. The minimum Gasteiger partial charge on any atom is -0.315 e. The Hall–Kier alpha value is -0.0800. The Kier molecular flexibility index (Phi) is 4.04. The summed E-state index contributed by atoms with van der Waals surface area (Å²) in [6, 6.07) is 1.56. The summed E-state index contributed by atoms with van der Waals surface area (Å²) in [5.41, 5.74) is 0. The molecule has 0 bridgehead atoms. The van der Waals surface area contributed by atoms with Crippen LogP contribution in [0.1, 0.15) is 45.4 Å². The van der Waals surface area contributed by atoms with Crippen molar-refractivity contribution >= 4 is 0 Å². The Morgan fingerprint density at radius 1 is 1.13 bits per heavy atom. The molecule has 2 saturated carbocycles. The monoisotopic (exact) mass is 210 g/mol. The number of likely N-dealkylation sites (N-methyl/N-ethyl adjacent to an activating group) is 2. The van der Waals surface area contributed by atoms with Gasteiger partial charge in [-0.2, -0.15) is 0 Å². The van der Waals surface area contributed by atoms with E-state index in [4.69, 9.17) is 0 Å². The van der Waals surface area contributed by atoms with Crippen molar-refractivity contribution in [2.24, 2.45) is 5.92 Å². The van der Waals surface area contributed by atoms with Crippen LogP contribution in [0.2, 0.25) is 0 Å². The molecule has 0 aromatic carbocycles. The highest BCUT2D eigenvalue weighted by Gasteiger charge is 2.32. The molecule has 2 heteroatoms. The molecule has 0 saturated heterocycles. The maximum Gasteiger partial charge on any atom is 0.0249 e. The molecule has 0 aromatic rings. The second kappa shape index (κ2) is 5.31. The van der Waals surface area contributed by atoms with Crippen LogP contribution in [0.4, 0.5) is 0 Å². The van der Waals surface area contributed by atoms with Crippen molar-refractivity contribution in [3.8, 4) is 0 Å². The molecule has 2 aliphatic carbocycles. The van der Waals surface area contributed by atoms with Crippen LogP contribution in [0.25, 0.3) is 0 Å². The highest BCUT2D eigenvalue weighted by Crippen LogP contribution is 2.32. The Morgan fingerprint density at radius 3 is 2.47 bits per heavy atom. The first-order valence-corrected chi connectivity index (χ1v) is 6.76. The smallest absolute Gasteiger partial charge is 0.0249 e. The van der Waals surface area contributed by atoms with Gasteiger partial charge in [0.2, 0.25) is 0 Å². The molecule has 0 heterocycles. The molecule has 1 N–H and O–H groups in total. The van der Waals surface area contributed by atoms with E-state index >= 15 is 0 Å². The van der Waals surface area contributed by atoms with Crippen molar-refractivity contribution < 1.29 is 0 Å². The Balaban J connectivity index is 1.90. The summed E-state index contributed by atoms with van der Waals surface area (Å²) in [6.45, 7) is 4.92. The Labute approximate surface area is 94.4 Å². The van der Waals surface area contributed by atoms with Crippen molar-refractivity contribution in [1.82, 2.24) is 10.2 Å². The Bertz CT molecular complexity index is 189. The van der Waals surface area contributed by atoms with Crippen LogP contribution < -0.4 is 5.32 Å². The van der Waals surface area contributed by atoms with E-state index in [2.05, 4.69) is 24.2 Å². The third-order valence-corrected chi connectivity index (χ3v) is 4.17. The molecule has 0 aromatic heterocycles. The third-order valence-electron chi connectivity index (χ3n) is 4.17. The molecule has 2 atom stereocenters. The fraction of sp³-hybridized carbons (Fsp3) is 1.00. The Morgan fingerprint density at radius 2 is 1.87 bits per heavy atom. The van der Waals surface area contributed by atoms with E-state index < -0.39 is 0 Å². The first-order valence-electron chi connectivity index (χ1n) is 6.76. The molecule has 0 amide bonds. The number of rotatable bonds is 5. The lowest BCUT2D eigenvalue weighted by atomic mass is 9.89. The lowest BCUT2D eigenvalue weighted by molar-refractivity contribution is 0.126. The second-order valence-electron chi connectivity index (χ2n) is 5.28. The molecular formula is C13H26N2. The van der Waals surface area contributed by atoms with Crippen molar-refractivity contribution in [3.05, 3.63) is 0 Å². The molecule has 2 rings (SSSR count). The summed E-state index contributed by atoms with van der Waals surface area (Å²) in [5, 5.41) is 3.52. The van der Waals surface area contributed by atoms with Crippen molar-refractivity contribution in [2.75, 3.05) is 20.1 Å². The molecule has 0 radical (unpaired) electrons. The molecule has 0 spiro atoms. The zero-order chi connectivity index (χ0) is 10.7. The average molecular weight is 210 g/mol. The van der Waals surface area contributed by atoms with Crippen molar-refractivity contribution in [1.29, 1.82) is 0 Å². The van der Waals surface area contributed by atoms with Gasteiger partial charge in [0.05, 0.1) is 0 Å². The normalized spacial score (nSPS) is 32.2. The fourth-order valence-electron chi connectivity index (χ4n) is 3.02. The minimum absolute atomic E-state index is 0.748. The topological polar surface area (TPSA) is 15.3 Å². The van der Waals surface area contributed by atoms with Gasteiger partial charge in [0.15, 0.2) is 0 Å². The van der Waals surface area contributed by atoms with Crippen LogP contribution in [-0.4, -0.2) is 37.1 Å². The highest BCUT2D eigenvalue weighted by atomic mass is 15.2. The lowest BCUT2D eigenvalue weighted by Gasteiger charge is -2.39. The standard InChI is InChI=1S/C13H26N2/c1-3-15(10-11-8-9-11)13-7-5-4-6-12(13)14-2/h11-14H,3-10H2,1-2H3. The molecule has 2 fully saturated rings. The van der Waals surface area contributed by atoms with Crippen molar-refractivity contribution in [2.45, 2.75) is 57.5 Å². The predicted octanol–water partition coefficient (Wildman–Crippen LogP) is 2.25. The molecular weight excluding hydrogens is 184 g/mol. The predicted molar refractivity (Wildman–Crippen MR) is 65.1 cm³/mol. The van der Waals surface area contributed by atoms with E-state index in [-0.39, 0.29) is 0 Å². The van der Waals surface area contributed by atoms with Crippen LogP contribution in [-0.2, 0) is 0 Å². The molecule has 2 nitrogen and oxygen atoms in total. The maximum atomic E-state index is 3.52. The molecule has 0 aliphatic heterocycles. The summed E-state index contributed by atoms with van der Waals surface area (Å²) in [4.78, 5) is 2.73. The van der Waals surface area contributed by atoms with Gasteiger partial charge in [-0.15, -0.1) is 0 Å². The van der Waals surface area contributed by atoms with E-state index in [0.29, 0.717) is 0 Å². The van der Waals surface area contributed by atoms with E-state index in [1.54, 1.807) is 0 Å². The fourth-order valence-corrected chi connectivity index (χ4v) is 3.02. The van der Waals surface area contributed by atoms with Crippen LogP contribution in [0, 0.1) is 5.92 Å². The van der Waals surface area contributed by atoms with E-state index in [1.165, 1.54) is 51.6 Å². The lowest BCUT2D eigenvalue weighted by Crippen LogP contribution is -2.51. The molecule has 2 aliphatic rings. The van der Waals surface area contributed by atoms with Crippen LogP contribution in [0.3, 0.4) is 0 Å². The number of hydrogen-bond donors (Lipinski definition) is 1. The summed E-state index contributed by atoms with van der Waals surface area (Å²) in [5.74, 6) is 1.03. The maximum absolute atomic E-state index is 3.52. The second-order valence-corrected chi connectivity index (χ2v) is 5.28. The van der Waals surface area contributed by atoms with Gasteiger partial charge in [0.1, 0.15) is 0 Å². The van der Waals surface area contributed by atoms with E-state index in [0.717, 1.165) is 18.0 Å². The highest BCUT2D eigenvalue weighted by molar-refractivity contribution is 4.89. The first-order chi connectivity index (χ1) is 7.35. The zero-order valence-corrected chi connectivity index (χ0v) is 10.3. The first kappa shape index (κ1) is 11.4. The number of nitrogens with one attached hydrogen (secondary N) is 1. The SMILES string of the molecule is CCN(CC1CC1)C1CCCCC1NC.